The molecule has 2 aromatic carbocycles. The summed E-state index contributed by atoms with van der Waals surface area (Å²) in [5, 5.41) is 10.2. The first kappa shape index (κ1) is 12.8. The fourth-order valence-electron chi connectivity index (χ4n) is 2.23. The Morgan fingerprint density at radius 1 is 1.05 bits per heavy atom. The van der Waals surface area contributed by atoms with Crippen molar-refractivity contribution in [3.63, 3.8) is 0 Å². The Kier molecular flexibility index (Phi) is 3.76. The van der Waals surface area contributed by atoms with E-state index >= 15 is 0 Å². The molecule has 0 radical (unpaired) electrons. The van der Waals surface area contributed by atoms with Gasteiger partial charge in [0.15, 0.2) is 0 Å². The number of hydrogen-bond donors (Lipinski definition) is 0. The molecule has 0 aliphatic carbocycles. The molecule has 0 N–H and O–H groups in total. The highest BCUT2D eigenvalue weighted by atomic mass is 32.2. The van der Waals surface area contributed by atoms with Crippen molar-refractivity contribution in [1.29, 1.82) is 5.26 Å². The van der Waals surface area contributed by atoms with Gasteiger partial charge in [-0.2, -0.15) is 5.26 Å². The highest BCUT2D eigenvalue weighted by Gasteiger charge is 2.02. The molecule has 98 valence electrons. The summed E-state index contributed by atoms with van der Waals surface area (Å²) < 4.78 is 2.21. The SMILES string of the molecule is N#Cc1ccc2ccn(CCSc3ccccc3)c2c1. The molecule has 0 atom stereocenters. The second-order valence-electron chi connectivity index (χ2n) is 4.56. The zero-order chi connectivity index (χ0) is 13.8. The number of hydrogen-bond acceptors (Lipinski definition) is 2. The lowest BCUT2D eigenvalue weighted by Gasteiger charge is -2.05. The molecule has 0 aliphatic rings. The Morgan fingerprint density at radius 2 is 1.90 bits per heavy atom. The standard InChI is InChI=1S/C17H14N2S/c18-13-14-6-7-15-8-9-19(17(15)12-14)10-11-20-16-4-2-1-3-5-16/h1-9,12H,10-11H2. The smallest absolute Gasteiger partial charge is 0.0992 e. The van der Waals surface area contributed by atoms with Gasteiger partial charge in [-0.3, -0.25) is 0 Å². The highest BCUT2D eigenvalue weighted by Crippen LogP contribution is 2.20. The molecule has 3 heteroatoms. The molecule has 0 saturated heterocycles. The van der Waals surface area contributed by atoms with Crippen LogP contribution in [0.4, 0.5) is 0 Å². The van der Waals surface area contributed by atoms with Crippen LogP contribution in [0.2, 0.25) is 0 Å². The minimum atomic E-state index is 0.716. The van der Waals surface area contributed by atoms with E-state index in [0.29, 0.717) is 5.56 Å². The number of nitrogens with zero attached hydrogens (tertiary/aromatic N) is 2. The maximum absolute atomic E-state index is 8.99. The van der Waals surface area contributed by atoms with Gasteiger partial charge in [0.05, 0.1) is 11.6 Å². The van der Waals surface area contributed by atoms with Crippen LogP contribution in [0.5, 0.6) is 0 Å². The average Bonchev–Trinajstić information content (AvgIpc) is 2.91. The average molecular weight is 278 g/mol. The zero-order valence-corrected chi connectivity index (χ0v) is 11.8. The second kappa shape index (κ2) is 5.85. The summed E-state index contributed by atoms with van der Waals surface area (Å²) >= 11 is 1.85. The van der Waals surface area contributed by atoms with Gasteiger partial charge in [-0.15, -0.1) is 11.8 Å². The van der Waals surface area contributed by atoms with Crippen LogP contribution >= 0.6 is 11.8 Å². The fraction of sp³-hybridized carbons (Fsp3) is 0.118. The van der Waals surface area contributed by atoms with Crippen molar-refractivity contribution in [2.24, 2.45) is 0 Å². The van der Waals surface area contributed by atoms with Gasteiger partial charge in [0.1, 0.15) is 0 Å². The third-order valence-electron chi connectivity index (χ3n) is 3.25. The molecule has 3 aromatic rings. The summed E-state index contributed by atoms with van der Waals surface area (Å²) in [6.07, 6.45) is 2.09. The number of benzene rings is 2. The molecule has 0 fully saturated rings. The molecule has 0 spiro atoms. The Morgan fingerprint density at radius 3 is 2.70 bits per heavy atom. The van der Waals surface area contributed by atoms with Crippen molar-refractivity contribution in [3.05, 3.63) is 66.4 Å². The van der Waals surface area contributed by atoms with E-state index in [2.05, 4.69) is 47.2 Å². The van der Waals surface area contributed by atoms with E-state index in [1.165, 1.54) is 10.3 Å². The van der Waals surface area contributed by atoms with Crippen LogP contribution in [0.25, 0.3) is 10.9 Å². The number of thioether (sulfide) groups is 1. The van der Waals surface area contributed by atoms with Gasteiger partial charge >= 0.3 is 0 Å². The third kappa shape index (κ3) is 2.71. The summed E-state index contributed by atoms with van der Waals surface area (Å²) in [5.74, 6) is 1.02. The minimum absolute atomic E-state index is 0.716. The predicted octanol–water partition coefficient (Wildman–Crippen LogP) is 4.31. The van der Waals surface area contributed by atoms with E-state index < -0.39 is 0 Å². The van der Waals surface area contributed by atoms with E-state index in [1.54, 1.807) is 0 Å². The van der Waals surface area contributed by atoms with Gasteiger partial charge in [-0.1, -0.05) is 24.3 Å². The number of aromatic nitrogens is 1. The summed E-state index contributed by atoms with van der Waals surface area (Å²) in [4.78, 5) is 1.29. The maximum Gasteiger partial charge on any atom is 0.0992 e. The van der Waals surface area contributed by atoms with Crippen molar-refractivity contribution < 1.29 is 0 Å². The predicted molar refractivity (Wildman–Crippen MR) is 83.8 cm³/mol. The second-order valence-corrected chi connectivity index (χ2v) is 5.72. The summed E-state index contributed by atoms with van der Waals surface area (Å²) in [7, 11) is 0. The minimum Gasteiger partial charge on any atom is -0.347 e. The van der Waals surface area contributed by atoms with Crippen LogP contribution in [0.1, 0.15) is 5.56 Å². The monoisotopic (exact) mass is 278 g/mol. The number of aryl methyl sites for hydroxylation is 1. The van der Waals surface area contributed by atoms with E-state index in [0.717, 1.165) is 17.8 Å². The van der Waals surface area contributed by atoms with Crippen molar-refractivity contribution in [2.45, 2.75) is 11.4 Å². The molecule has 1 aromatic heterocycles. The number of rotatable bonds is 4. The lowest BCUT2D eigenvalue weighted by Crippen LogP contribution is -1.98. The van der Waals surface area contributed by atoms with Gasteiger partial charge in [-0.25, -0.2) is 0 Å². The lowest BCUT2D eigenvalue weighted by atomic mass is 10.2. The van der Waals surface area contributed by atoms with Gasteiger partial charge in [0.25, 0.3) is 0 Å². The van der Waals surface area contributed by atoms with Crippen LogP contribution in [0.15, 0.2) is 65.7 Å². The fourth-order valence-corrected chi connectivity index (χ4v) is 3.10. The van der Waals surface area contributed by atoms with Crippen LogP contribution in [-0.2, 0) is 6.54 Å². The van der Waals surface area contributed by atoms with E-state index in [-0.39, 0.29) is 0 Å². The highest BCUT2D eigenvalue weighted by molar-refractivity contribution is 7.99. The van der Waals surface area contributed by atoms with Gasteiger partial charge in [0.2, 0.25) is 0 Å². The first-order chi connectivity index (χ1) is 9.86. The number of nitriles is 1. The molecule has 0 saturated carbocycles. The van der Waals surface area contributed by atoms with Crippen LogP contribution in [0.3, 0.4) is 0 Å². The number of fused-ring (bicyclic) bond motifs is 1. The van der Waals surface area contributed by atoms with Crippen LogP contribution in [0, 0.1) is 11.3 Å². The molecule has 0 unspecified atom stereocenters. The summed E-state index contributed by atoms with van der Waals surface area (Å²) in [6.45, 7) is 0.942. The molecule has 0 bridgehead atoms. The Balaban J connectivity index is 1.73. The Bertz CT molecular complexity index is 754. The first-order valence-electron chi connectivity index (χ1n) is 6.54. The largest absolute Gasteiger partial charge is 0.347 e. The van der Waals surface area contributed by atoms with Crippen molar-refractivity contribution in [1.82, 2.24) is 4.57 Å². The Labute approximate surface area is 122 Å². The summed E-state index contributed by atoms with van der Waals surface area (Å²) in [6, 6.07) is 20.6. The molecule has 0 amide bonds. The summed E-state index contributed by atoms with van der Waals surface area (Å²) in [5.41, 5.74) is 1.85. The van der Waals surface area contributed by atoms with E-state index in [9.17, 15) is 0 Å². The van der Waals surface area contributed by atoms with Gasteiger partial charge in [-0.05, 0) is 35.7 Å². The Hall–Kier alpha value is -2.18. The topological polar surface area (TPSA) is 28.7 Å². The molecular weight excluding hydrogens is 264 g/mol. The van der Waals surface area contributed by atoms with Gasteiger partial charge < -0.3 is 4.57 Å². The van der Waals surface area contributed by atoms with Crippen LogP contribution < -0.4 is 0 Å². The van der Waals surface area contributed by atoms with E-state index in [1.807, 2.05) is 36.0 Å². The van der Waals surface area contributed by atoms with Crippen LogP contribution in [-0.4, -0.2) is 10.3 Å². The van der Waals surface area contributed by atoms with Crippen molar-refractivity contribution >= 4 is 22.7 Å². The normalized spacial score (nSPS) is 10.6. The van der Waals surface area contributed by atoms with Crippen molar-refractivity contribution in [3.8, 4) is 6.07 Å². The maximum atomic E-state index is 8.99. The van der Waals surface area contributed by atoms with E-state index in [4.69, 9.17) is 5.26 Å². The quantitative estimate of drug-likeness (QED) is 0.665. The van der Waals surface area contributed by atoms with Crippen molar-refractivity contribution in [2.75, 3.05) is 5.75 Å². The van der Waals surface area contributed by atoms with Gasteiger partial charge in [0, 0.05) is 28.9 Å². The lowest BCUT2D eigenvalue weighted by molar-refractivity contribution is 0.807. The first-order valence-corrected chi connectivity index (χ1v) is 7.52. The molecular formula is C17H14N2S. The molecule has 2 nitrogen and oxygen atoms in total. The molecule has 1 heterocycles. The molecule has 0 aliphatic heterocycles. The zero-order valence-electron chi connectivity index (χ0n) is 11.0. The molecule has 20 heavy (non-hydrogen) atoms. The third-order valence-corrected chi connectivity index (χ3v) is 4.24. The molecule has 3 rings (SSSR count).